The highest BCUT2D eigenvalue weighted by Crippen LogP contribution is 2.28. The van der Waals surface area contributed by atoms with Crippen LogP contribution in [0.1, 0.15) is 20.8 Å². The van der Waals surface area contributed by atoms with Crippen molar-refractivity contribution in [3.63, 3.8) is 0 Å². The van der Waals surface area contributed by atoms with Crippen molar-refractivity contribution < 1.29 is 38.1 Å². The first-order valence-corrected chi connectivity index (χ1v) is 6.71. The summed E-state index contributed by atoms with van der Waals surface area (Å²) in [5.74, 6) is -1.67. The van der Waals surface area contributed by atoms with Gasteiger partial charge in [-0.2, -0.15) is 0 Å². The van der Waals surface area contributed by atoms with Crippen LogP contribution in [0.25, 0.3) is 0 Å². The number of ether oxygens (including phenoxy) is 5. The van der Waals surface area contributed by atoms with Crippen LogP contribution in [-0.2, 0) is 38.1 Å². The van der Waals surface area contributed by atoms with E-state index >= 15 is 0 Å². The number of esters is 3. The molecule has 0 aliphatic carbocycles. The van der Waals surface area contributed by atoms with Gasteiger partial charge in [-0.25, -0.2) is 0 Å². The van der Waals surface area contributed by atoms with Gasteiger partial charge in [-0.3, -0.25) is 14.4 Å². The summed E-state index contributed by atoms with van der Waals surface area (Å²) in [7, 11) is 0. The second-order valence-corrected chi connectivity index (χ2v) is 4.62. The molecule has 0 radical (unpaired) electrons. The van der Waals surface area contributed by atoms with Crippen LogP contribution >= 0.6 is 0 Å². The SMILES string of the molecule is C=CCO[C@@H]1O[C@H](COC(C)=O)[C@@H](OC(C)=O)[C@@H]1OC(C)=O. The molecule has 1 fully saturated rings. The molecule has 8 heteroatoms. The molecule has 0 saturated carbocycles. The Morgan fingerprint density at radius 1 is 1.05 bits per heavy atom. The van der Waals surface area contributed by atoms with Crippen LogP contribution < -0.4 is 0 Å². The third-order valence-electron chi connectivity index (χ3n) is 2.70. The van der Waals surface area contributed by atoms with Crippen molar-refractivity contribution in [2.45, 2.75) is 45.4 Å². The summed E-state index contributed by atoms with van der Waals surface area (Å²) in [4.78, 5) is 33.4. The van der Waals surface area contributed by atoms with Crippen LogP contribution in [0.5, 0.6) is 0 Å². The Hall–Kier alpha value is -1.93. The minimum Gasteiger partial charge on any atom is -0.463 e. The highest BCUT2D eigenvalue weighted by Gasteiger charge is 2.50. The Morgan fingerprint density at radius 2 is 1.64 bits per heavy atom. The van der Waals surface area contributed by atoms with Crippen LogP contribution in [0.15, 0.2) is 12.7 Å². The molecule has 8 nitrogen and oxygen atoms in total. The number of rotatable bonds is 7. The predicted octanol–water partition coefficient (Wildman–Crippen LogP) is 0.340. The second kappa shape index (κ2) is 8.50. The summed E-state index contributed by atoms with van der Waals surface area (Å²) in [6.45, 7) is 7.18. The maximum atomic E-state index is 11.3. The third kappa shape index (κ3) is 5.45. The molecule has 1 heterocycles. The van der Waals surface area contributed by atoms with Crippen molar-refractivity contribution in [3.05, 3.63) is 12.7 Å². The molecule has 0 spiro atoms. The van der Waals surface area contributed by atoms with Crippen molar-refractivity contribution in [3.8, 4) is 0 Å². The molecule has 1 aliphatic heterocycles. The minimum absolute atomic E-state index is 0.148. The summed E-state index contributed by atoms with van der Waals surface area (Å²) in [5, 5.41) is 0. The van der Waals surface area contributed by atoms with E-state index in [0.717, 1.165) is 0 Å². The maximum Gasteiger partial charge on any atom is 0.303 e. The van der Waals surface area contributed by atoms with Crippen LogP contribution in [0.4, 0.5) is 0 Å². The van der Waals surface area contributed by atoms with E-state index in [1.54, 1.807) is 0 Å². The second-order valence-electron chi connectivity index (χ2n) is 4.62. The first kappa shape index (κ1) is 18.1. The topological polar surface area (TPSA) is 97.4 Å². The van der Waals surface area contributed by atoms with Crippen molar-refractivity contribution in [1.29, 1.82) is 0 Å². The van der Waals surface area contributed by atoms with E-state index < -0.39 is 42.5 Å². The zero-order chi connectivity index (χ0) is 16.7. The molecule has 1 saturated heterocycles. The Kier molecular flexibility index (Phi) is 7.00. The predicted molar refractivity (Wildman–Crippen MR) is 72.6 cm³/mol. The van der Waals surface area contributed by atoms with Crippen LogP contribution in [-0.4, -0.2) is 55.7 Å². The Balaban J connectivity index is 2.89. The Labute approximate surface area is 128 Å². The van der Waals surface area contributed by atoms with E-state index in [4.69, 9.17) is 23.7 Å². The van der Waals surface area contributed by atoms with Gasteiger partial charge in [0.15, 0.2) is 18.5 Å². The lowest BCUT2D eigenvalue weighted by atomic mass is 10.1. The fraction of sp³-hybridized carbons (Fsp3) is 0.643. The molecule has 1 aliphatic rings. The molecule has 0 N–H and O–H groups in total. The number of carbonyl (C=O) groups excluding carboxylic acids is 3. The molecule has 0 bridgehead atoms. The number of carbonyl (C=O) groups is 3. The lowest BCUT2D eigenvalue weighted by Gasteiger charge is -2.22. The zero-order valence-electron chi connectivity index (χ0n) is 12.8. The molecule has 0 amide bonds. The number of hydrogen-bond acceptors (Lipinski definition) is 8. The number of hydrogen-bond donors (Lipinski definition) is 0. The summed E-state index contributed by atoms with van der Waals surface area (Å²) in [5.41, 5.74) is 0. The molecule has 22 heavy (non-hydrogen) atoms. The molecule has 0 aromatic heterocycles. The van der Waals surface area contributed by atoms with Gasteiger partial charge in [-0.15, -0.1) is 6.58 Å². The van der Waals surface area contributed by atoms with Gasteiger partial charge in [0.05, 0.1) is 6.61 Å². The van der Waals surface area contributed by atoms with Gasteiger partial charge >= 0.3 is 17.9 Å². The highest BCUT2D eigenvalue weighted by molar-refractivity contribution is 5.67. The largest absolute Gasteiger partial charge is 0.463 e. The van der Waals surface area contributed by atoms with E-state index in [0.29, 0.717) is 0 Å². The lowest BCUT2D eigenvalue weighted by Crippen LogP contribution is -2.41. The average Bonchev–Trinajstić information content (AvgIpc) is 2.71. The van der Waals surface area contributed by atoms with E-state index in [-0.39, 0.29) is 13.2 Å². The molecule has 0 aromatic rings. The molecular formula is C14H20O8. The van der Waals surface area contributed by atoms with Crippen molar-refractivity contribution in [1.82, 2.24) is 0 Å². The van der Waals surface area contributed by atoms with E-state index in [2.05, 4.69) is 6.58 Å². The molecule has 4 atom stereocenters. The Morgan fingerprint density at radius 3 is 2.14 bits per heavy atom. The fourth-order valence-electron chi connectivity index (χ4n) is 1.97. The van der Waals surface area contributed by atoms with Crippen molar-refractivity contribution >= 4 is 17.9 Å². The molecule has 0 aromatic carbocycles. The fourth-order valence-corrected chi connectivity index (χ4v) is 1.97. The molecule has 1 rings (SSSR count). The van der Waals surface area contributed by atoms with Crippen molar-refractivity contribution in [2.24, 2.45) is 0 Å². The smallest absolute Gasteiger partial charge is 0.303 e. The zero-order valence-corrected chi connectivity index (χ0v) is 12.8. The van der Waals surface area contributed by atoms with Gasteiger partial charge in [-0.05, 0) is 0 Å². The molecule has 0 unspecified atom stereocenters. The van der Waals surface area contributed by atoms with Gasteiger partial charge in [0.1, 0.15) is 12.7 Å². The Bertz CT molecular complexity index is 433. The standard InChI is InChI=1S/C14H20O8/c1-5-6-18-14-13(21-10(4)17)12(20-9(3)16)11(22-14)7-19-8(2)15/h5,11-14H,1,6-7H2,2-4H3/t11-,12-,13+,14-/m1/s1. The quantitative estimate of drug-likeness (QED) is 0.377. The van der Waals surface area contributed by atoms with Crippen LogP contribution in [0, 0.1) is 0 Å². The summed E-state index contributed by atoms with van der Waals surface area (Å²) in [6.07, 6.45) is -2.15. The van der Waals surface area contributed by atoms with Gasteiger partial charge in [-0.1, -0.05) is 6.08 Å². The minimum atomic E-state index is -0.957. The van der Waals surface area contributed by atoms with E-state index in [1.807, 2.05) is 0 Å². The van der Waals surface area contributed by atoms with E-state index in [9.17, 15) is 14.4 Å². The monoisotopic (exact) mass is 316 g/mol. The maximum absolute atomic E-state index is 11.3. The van der Waals surface area contributed by atoms with E-state index in [1.165, 1.54) is 26.8 Å². The van der Waals surface area contributed by atoms with Gasteiger partial charge in [0.25, 0.3) is 0 Å². The first-order chi connectivity index (χ1) is 10.3. The third-order valence-corrected chi connectivity index (χ3v) is 2.70. The normalized spacial score (nSPS) is 27.0. The lowest BCUT2D eigenvalue weighted by molar-refractivity contribution is -0.186. The van der Waals surface area contributed by atoms with Crippen LogP contribution in [0.2, 0.25) is 0 Å². The van der Waals surface area contributed by atoms with Gasteiger partial charge in [0.2, 0.25) is 0 Å². The van der Waals surface area contributed by atoms with Crippen molar-refractivity contribution in [2.75, 3.05) is 13.2 Å². The van der Waals surface area contributed by atoms with Crippen LogP contribution in [0.3, 0.4) is 0 Å². The van der Waals surface area contributed by atoms with Gasteiger partial charge < -0.3 is 23.7 Å². The average molecular weight is 316 g/mol. The molecular weight excluding hydrogens is 296 g/mol. The first-order valence-electron chi connectivity index (χ1n) is 6.71. The summed E-state index contributed by atoms with van der Waals surface area (Å²) >= 11 is 0. The molecule has 124 valence electrons. The summed E-state index contributed by atoms with van der Waals surface area (Å²) in [6, 6.07) is 0. The highest BCUT2D eigenvalue weighted by atomic mass is 16.7. The summed E-state index contributed by atoms with van der Waals surface area (Å²) < 4.78 is 26.0. The van der Waals surface area contributed by atoms with Gasteiger partial charge in [0, 0.05) is 20.8 Å².